The molecule has 0 aliphatic heterocycles. The van der Waals surface area contributed by atoms with Crippen LogP contribution in [0.15, 0.2) is 66.9 Å². The first-order valence-corrected chi connectivity index (χ1v) is 8.90. The lowest BCUT2D eigenvalue weighted by Gasteiger charge is -2.33. The molecule has 3 nitrogen and oxygen atoms in total. The van der Waals surface area contributed by atoms with E-state index < -0.39 is 0 Å². The van der Waals surface area contributed by atoms with Crippen LogP contribution in [0.3, 0.4) is 0 Å². The van der Waals surface area contributed by atoms with E-state index in [1.54, 1.807) is 24.3 Å². The first kappa shape index (κ1) is 20.5. The van der Waals surface area contributed by atoms with E-state index in [-0.39, 0.29) is 5.54 Å². The van der Waals surface area contributed by atoms with Gasteiger partial charge in [0.15, 0.2) is 0 Å². The number of thiophene rings is 1. The molecule has 1 N–H and O–H groups in total. The predicted molar refractivity (Wildman–Crippen MR) is 110 cm³/mol. The second kappa shape index (κ2) is 9.10. The lowest BCUT2D eigenvalue weighted by molar-refractivity contribution is 0.348. The molecule has 0 aliphatic rings. The highest BCUT2D eigenvalue weighted by Crippen LogP contribution is 2.34. The van der Waals surface area contributed by atoms with Crippen molar-refractivity contribution in [3.8, 4) is 6.07 Å². The molecule has 0 amide bonds. The van der Waals surface area contributed by atoms with Crippen molar-refractivity contribution in [3.63, 3.8) is 0 Å². The van der Waals surface area contributed by atoms with Crippen molar-refractivity contribution in [2.45, 2.75) is 25.8 Å². The Hall–Kier alpha value is -2.51. The van der Waals surface area contributed by atoms with Crippen molar-refractivity contribution < 1.29 is 0 Å². The third-order valence-corrected chi connectivity index (χ3v) is 5.04. The second-order valence-electron chi connectivity index (χ2n) is 6.34. The molecule has 0 aromatic carbocycles. The third kappa shape index (κ3) is 5.81. The molecule has 4 heteroatoms. The van der Waals surface area contributed by atoms with Gasteiger partial charge in [-0.15, -0.1) is 17.9 Å². The highest BCUT2D eigenvalue weighted by molar-refractivity contribution is 7.10. The Labute approximate surface area is 156 Å². The van der Waals surface area contributed by atoms with E-state index in [1.165, 1.54) is 4.88 Å². The fraction of sp³-hybridized carbons (Fsp3) is 0.286. The maximum absolute atomic E-state index is 8.77. The lowest BCUT2D eigenvalue weighted by atomic mass is 9.94. The minimum Gasteiger partial charge on any atom is -0.365 e. The van der Waals surface area contributed by atoms with Gasteiger partial charge in [-0.1, -0.05) is 31.4 Å². The monoisotopic (exact) mass is 353 g/mol. The van der Waals surface area contributed by atoms with Gasteiger partial charge in [0.1, 0.15) is 0 Å². The van der Waals surface area contributed by atoms with Gasteiger partial charge in [-0.2, -0.15) is 5.26 Å². The topological polar surface area (TPSA) is 39.1 Å². The smallest absolute Gasteiger partial charge is 0.0944 e. The first-order valence-electron chi connectivity index (χ1n) is 8.02. The molecular weight excluding hydrogens is 326 g/mol. The third-order valence-electron chi connectivity index (χ3n) is 3.85. The number of allylic oxidation sites excluding steroid dienone is 5. The Morgan fingerprint density at radius 3 is 2.68 bits per heavy atom. The van der Waals surface area contributed by atoms with Gasteiger partial charge in [0, 0.05) is 24.5 Å². The molecule has 1 aromatic heterocycles. The molecule has 1 heterocycles. The summed E-state index contributed by atoms with van der Waals surface area (Å²) in [6.07, 6.45) is 8.26. The van der Waals surface area contributed by atoms with Crippen molar-refractivity contribution >= 4 is 16.9 Å². The molecule has 0 saturated carbocycles. The van der Waals surface area contributed by atoms with Gasteiger partial charge in [-0.05, 0) is 48.9 Å². The summed E-state index contributed by atoms with van der Waals surface area (Å²) in [5.41, 5.74) is 2.39. The van der Waals surface area contributed by atoms with Crippen LogP contribution in [0.4, 0.5) is 0 Å². The van der Waals surface area contributed by atoms with Gasteiger partial charge in [0.25, 0.3) is 0 Å². The van der Waals surface area contributed by atoms with Gasteiger partial charge < -0.3 is 10.2 Å². The summed E-state index contributed by atoms with van der Waals surface area (Å²) in [5, 5.41) is 14.4. The van der Waals surface area contributed by atoms with Crippen LogP contribution in [-0.4, -0.2) is 19.0 Å². The number of nitrogens with zero attached hydrogens (tertiary/aromatic N) is 2. The van der Waals surface area contributed by atoms with Crippen molar-refractivity contribution in [1.29, 1.82) is 5.26 Å². The summed E-state index contributed by atoms with van der Waals surface area (Å²) in [6.45, 7) is 16.0. The molecule has 0 bridgehead atoms. The van der Waals surface area contributed by atoms with E-state index in [9.17, 15) is 0 Å². The van der Waals surface area contributed by atoms with E-state index in [0.29, 0.717) is 5.57 Å². The number of rotatable bonds is 9. The summed E-state index contributed by atoms with van der Waals surface area (Å²) < 4.78 is 0. The van der Waals surface area contributed by atoms with Crippen molar-refractivity contribution in [1.82, 2.24) is 10.2 Å². The largest absolute Gasteiger partial charge is 0.365 e. The maximum Gasteiger partial charge on any atom is 0.0944 e. The standard InChI is InChI=1S/C21H27N3S/c1-8-12-21(5,23-18(4)24(6)7)20-13-19(15-25-20)17(3)11-9-10-16(2)14-22/h8-11,13,15,23H,1,3-4,12H2,2,5-7H3/b11-9-,16-10+/t21-/m0/s1. The summed E-state index contributed by atoms with van der Waals surface area (Å²) in [6, 6.07) is 4.25. The quantitative estimate of drug-likeness (QED) is 0.377. The van der Waals surface area contributed by atoms with E-state index in [0.717, 1.165) is 23.4 Å². The Balaban J connectivity index is 3.02. The number of nitriles is 1. The summed E-state index contributed by atoms with van der Waals surface area (Å²) >= 11 is 1.69. The fourth-order valence-corrected chi connectivity index (χ4v) is 3.23. The Morgan fingerprint density at radius 1 is 1.44 bits per heavy atom. The van der Waals surface area contributed by atoms with Crippen LogP contribution in [0.1, 0.15) is 30.7 Å². The zero-order valence-corrected chi connectivity index (χ0v) is 16.4. The van der Waals surface area contributed by atoms with Crippen LogP contribution in [0.5, 0.6) is 0 Å². The molecule has 132 valence electrons. The molecule has 1 atom stereocenters. The number of hydrogen-bond donors (Lipinski definition) is 1. The van der Waals surface area contributed by atoms with E-state index in [1.807, 2.05) is 37.2 Å². The highest BCUT2D eigenvalue weighted by atomic mass is 32.1. The van der Waals surface area contributed by atoms with Gasteiger partial charge in [0.2, 0.25) is 0 Å². The Bertz CT molecular complexity index is 743. The van der Waals surface area contributed by atoms with E-state index in [2.05, 4.69) is 49.5 Å². The molecule has 0 unspecified atom stereocenters. The minimum atomic E-state index is -0.271. The van der Waals surface area contributed by atoms with Crippen molar-refractivity contribution in [3.05, 3.63) is 77.3 Å². The van der Waals surface area contributed by atoms with Crippen LogP contribution < -0.4 is 5.32 Å². The zero-order valence-electron chi connectivity index (χ0n) is 15.6. The lowest BCUT2D eigenvalue weighted by Crippen LogP contribution is -2.41. The van der Waals surface area contributed by atoms with E-state index >= 15 is 0 Å². The van der Waals surface area contributed by atoms with Crippen molar-refractivity contribution in [2.24, 2.45) is 0 Å². The highest BCUT2D eigenvalue weighted by Gasteiger charge is 2.27. The van der Waals surface area contributed by atoms with Crippen LogP contribution in [0.25, 0.3) is 5.57 Å². The van der Waals surface area contributed by atoms with Gasteiger partial charge in [-0.25, -0.2) is 0 Å². The average molecular weight is 354 g/mol. The van der Waals surface area contributed by atoms with Crippen LogP contribution in [0, 0.1) is 11.3 Å². The fourth-order valence-electron chi connectivity index (χ4n) is 2.17. The maximum atomic E-state index is 8.77. The molecule has 0 saturated heterocycles. The number of hydrogen-bond acceptors (Lipinski definition) is 4. The van der Waals surface area contributed by atoms with Gasteiger partial charge in [-0.3, -0.25) is 0 Å². The molecule has 1 rings (SSSR count). The van der Waals surface area contributed by atoms with Crippen LogP contribution >= 0.6 is 11.3 Å². The SMILES string of the molecule is C=CC[C@](C)(NC(=C)N(C)C)c1cc(C(=C)/C=C\C=C(/C)C#N)cs1. The molecule has 1 aromatic rings. The predicted octanol–water partition coefficient (Wildman–Crippen LogP) is 5.20. The molecule has 0 spiro atoms. The van der Waals surface area contributed by atoms with Gasteiger partial charge >= 0.3 is 0 Å². The minimum absolute atomic E-state index is 0.271. The first-order chi connectivity index (χ1) is 11.7. The van der Waals surface area contributed by atoms with Gasteiger partial charge in [0.05, 0.1) is 17.4 Å². The average Bonchev–Trinajstić information content (AvgIpc) is 3.05. The molecular formula is C21H27N3S. The Kier molecular flexibility index (Phi) is 7.47. The molecule has 0 fully saturated rings. The van der Waals surface area contributed by atoms with E-state index in [4.69, 9.17) is 5.26 Å². The second-order valence-corrected chi connectivity index (χ2v) is 7.25. The molecule has 25 heavy (non-hydrogen) atoms. The zero-order chi connectivity index (χ0) is 19.0. The molecule has 0 radical (unpaired) electrons. The summed E-state index contributed by atoms with van der Waals surface area (Å²) in [7, 11) is 3.93. The normalized spacial score (nSPS) is 13.8. The van der Waals surface area contributed by atoms with Crippen LogP contribution in [-0.2, 0) is 5.54 Å². The molecule has 0 aliphatic carbocycles. The van der Waals surface area contributed by atoms with Crippen molar-refractivity contribution in [2.75, 3.05) is 14.1 Å². The Morgan fingerprint density at radius 2 is 2.12 bits per heavy atom. The van der Waals surface area contributed by atoms with Crippen LogP contribution in [0.2, 0.25) is 0 Å². The summed E-state index contributed by atoms with van der Waals surface area (Å²) in [5.74, 6) is 0.857. The number of nitrogens with one attached hydrogen (secondary N) is 1. The summed E-state index contributed by atoms with van der Waals surface area (Å²) in [4.78, 5) is 3.16.